The minimum atomic E-state index is -0.574. The quantitative estimate of drug-likeness (QED) is 0.697. The van der Waals surface area contributed by atoms with Gasteiger partial charge < -0.3 is 15.0 Å². The van der Waals surface area contributed by atoms with Crippen molar-refractivity contribution in [2.75, 3.05) is 22.2 Å². The van der Waals surface area contributed by atoms with Crippen LogP contribution in [-0.4, -0.2) is 25.0 Å². The topological polar surface area (TPSA) is 61.9 Å². The van der Waals surface area contributed by atoms with Crippen molar-refractivity contribution in [2.24, 2.45) is 0 Å². The van der Waals surface area contributed by atoms with E-state index in [0.29, 0.717) is 0 Å². The molecule has 31 heavy (non-hydrogen) atoms. The molecular weight excluding hydrogens is 390 g/mol. The predicted molar refractivity (Wildman–Crippen MR) is 120 cm³/mol. The van der Waals surface area contributed by atoms with Crippen LogP contribution in [0.25, 0.3) is 0 Å². The van der Waals surface area contributed by atoms with Crippen molar-refractivity contribution in [3.05, 3.63) is 83.9 Å². The van der Waals surface area contributed by atoms with Crippen LogP contribution in [-0.2, 0) is 9.59 Å². The highest BCUT2D eigenvalue weighted by Crippen LogP contribution is 2.45. The van der Waals surface area contributed by atoms with Crippen LogP contribution in [0, 0.1) is 6.92 Å². The van der Waals surface area contributed by atoms with E-state index in [4.69, 9.17) is 4.74 Å². The number of amides is 2. The zero-order valence-electron chi connectivity index (χ0n) is 17.4. The molecule has 2 amide bonds. The number of aryl methyl sites for hydroxylation is 1. The monoisotopic (exact) mass is 413 g/mol. The highest BCUT2D eigenvalue weighted by molar-refractivity contribution is 6.09. The molecule has 0 aromatic heterocycles. The van der Waals surface area contributed by atoms with Crippen molar-refractivity contribution < 1.29 is 14.3 Å². The van der Waals surface area contributed by atoms with Crippen LogP contribution < -0.4 is 19.9 Å². The maximum Gasteiger partial charge on any atom is 0.247 e. The van der Waals surface area contributed by atoms with Gasteiger partial charge in [0, 0.05) is 5.69 Å². The van der Waals surface area contributed by atoms with Gasteiger partial charge in [-0.1, -0.05) is 42.5 Å². The number of carbonyl (C=O) groups excluding carboxylic acids is 2. The molecule has 2 aliphatic heterocycles. The van der Waals surface area contributed by atoms with E-state index in [2.05, 4.69) is 10.2 Å². The van der Waals surface area contributed by atoms with Gasteiger partial charge in [0.2, 0.25) is 11.8 Å². The number of benzene rings is 3. The number of ether oxygens (including phenoxy) is 1. The zero-order chi connectivity index (χ0) is 21.5. The lowest BCUT2D eigenvalue weighted by Crippen LogP contribution is -2.61. The van der Waals surface area contributed by atoms with Crippen LogP contribution >= 0.6 is 0 Å². The van der Waals surface area contributed by atoms with Gasteiger partial charge in [0.05, 0.1) is 24.9 Å². The van der Waals surface area contributed by atoms with Crippen LogP contribution in [0.4, 0.5) is 17.1 Å². The molecule has 1 fully saturated rings. The first-order valence-corrected chi connectivity index (χ1v) is 10.3. The summed E-state index contributed by atoms with van der Waals surface area (Å²) in [5.41, 5.74) is 4.41. The Morgan fingerprint density at radius 1 is 0.903 bits per heavy atom. The van der Waals surface area contributed by atoms with Crippen LogP contribution in [0.5, 0.6) is 5.75 Å². The Labute approximate surface area is 181 Å². The summed E-state index contributed by atoms with van der Waals surface area (Å²) in [6.45, 7) is 2.00. The van der Waals surface area contributed by atoms with E-state index in [1.165, 1.54) is 0 Å². The molecule has 2 atom stereocenters. The molecule has 5 rings (SSSR count). The number of nitrogens with one attached hydrogen (secondary N) is 1. The Morgan fingerprint density at radius 3 is 2.29 bits per heavy atom. The lowest BCUT2D eigenvalue weighted by atomic mass is 9.95. The molecule has 1 N–H and O–H groups in total. The summed E-state index contributed by atoms with van der Waals surface area (Å²) in [5.74, 6) is 0.502. The van der Waals surface area contributed by atoms with E-state index < -0.39 is 12.2 Å². The second kappa shape index (κ2) is 7.47. The number of fused-ring (bicyclic) bond motifs is 3. The minimum absolute atomic E-state index is 0.0779. The highest BCUT2D eigenvalue weighted by Gasteiger charge is 2.47. The molecular formula is C25H23N3O3. The fourth-order valence-corrected chi connectivity index (χ4v) is 4.52. The SMILES string of the molecule is COc1ccc(C2N(c3ccccc3C)C(=O)CC3C(=O)Nc4ccccc4N32)cc1. The summed E-state index contributed by atoms with van der Waals surface area (Å²) in [6.07, 6.45) is -0.355. The number of hydrogen-bond donors (Lipinski definition) is 1. The summed E-state index contributed by atoms with van der Waals surface area (Å²) < 4.78 is 5.33. The van der Waals surface area contributed by atoms with E-state index in [9.17, 15) is 9.59 Å². The lowest BCUT2D eigenvalue weighted by molar-refractivity contribution is -0.126. The van der Waals surface area contributed by atoms with Crippen LogP contribution in [0.1, 0.15) is 23.7 Å². The number of para-hydroxylation sites is 3. The predicted octanol–water partition coefficient (Wildman–Crippen LogP) is 4.27. The Bertz CT molecular complexity index is 1160. The number of carbonyl (C=O) groups is 2. The second-order valence-corrected chi connectivity index (χ2v) is 7.83. The molecule has 6 heteroatoms. The molecule has 0 spiro atoms. The van der Waals surface area contributed by atoms with E-state index in [-0.39, 0.29) is 18.2 Å². The van der Waals surface area contributed by atoms with E-state index >= 15 is 0 Å². The first kappa shape index (κ1) is 19.2. The molecule has 2 heterocycles. The van der Waals surface area contributed by atoms with Crippen LogP contribution in [0.2, 0.25) is 0 Å². The normalized spacial score (nSPS) is 20.1. The van der Waals surface area contributed by atoms with Gasteiger partial charge in [-0.15, -0.1) is 0 Å². The number of rotatable bonds is 3. The maximum absolute atomic E-state index is 13.5. The Hall–Kier alpha value is -3.80. The number of nitrogens with zero attached hydrogens (tertiary/aromatic N) is 2. The summed E-state index contributed by atoms with van der Waals surface area (Å²) in [5, 5.41) is 2.96. The van der Waals surface area contributed by atoms with Crippen LogP contribution in [0.15, 0.2) is 72.8 Å². The average Bonchev–Trinajstić information content (AvgIpc) is 2.79. The van der Waals surface area contributed by atoms with Gasteiger partial charge in [-0.2, -0.15) is 0 Å². The molecule has 2 aliphatic rings. The van der Waals surface area contributed by atoms with Crippen molar-refractivity contribution in [3.8, 4) is 5.75 Å². The van der Waals surface area contributed by atoms with E-state index in [1.54, 1.807) is 7.11 Å². The summed E-state index contributed by atoms with van der Waals surface area (Å²) in [4.78, 5) is 30.3. The number of methoxy groups -OCH3 is 1. The third kappa shape index (κ3) is 3.11. The third-order valence-electron chi connectivity index (χ3n) is 6.01. The van der Waals surface area contributed by atoms with Crippen molar-refractivity contribution in [2.45, 2.75) is 25.6 Å². The lowest BCUT2D eigenvalue weighted by Gasteiger charge is -2.51. The summed E-state index contributed by atoms with van der Waals surface area (Å²) in [7, 11) is 1.63. The van der Waals surface area contributed by atoms with Crippen LogP contribution in [0.3, 0.4) is 0 Å². The maximum atomic E-state index is 13.5. The molecule has 1 saturated heterocycles. The molecule has 0 radical (unpaired) electrons. The van der Waals surface area contributed by atoms with Gasteiger partial charge in [0.15, 0.2) is 0 Å². The van der Waals surface area contributed by atoms with E-state index in [0.717, 1.165) is 33.9 Å². The van der Waals surface area contributed by atoms with Gasteiger partial charge >= 0.3 is 0 Å². The molecule has 6 nitrogen and oxygen atoms in total. The molecule has 2 unspecified atom stereocenters. The van der Waals surface area contributed by atoms with Gasteiger partial charge in [0.25, 0.3) is 0 Å². The van der Waals surface area contributed by atoms with Gasteiger partial charge in [-0.3, -0.25) is 14.5 Å². The first-order valence-electron chi connectivity index (χ1n) is 10.3. The number of anilines is 3. The Kier molecular flexibility index (Phi) is 4.62. The molecule has 0 saturated carbocycles. The second-order valence-electron chi connectivity index (χ2n) is 7.83. The fraction of sp³-hybridized carbons (Fsp3) is 0.200. The minimum Gasteiger partial charge on any atom is -0.497 e. The molecule has 156 valence electrons. The third-order valence-corrected chi connectivity index (χ3v) is 6.01. The van der Waals surface area contributed by atoms with Crippen molar-refractivity contribution in [1.82, 2.24) is 0 Å². The smallest absolute Gasteiger partial charge is 0.247 e. The fourth-order valence-electron chi connectivity index (χ4n) is 4.52. The van der Waals surface area contributed by atoms with Crippen molar-refractivity contribution in [1.29, 1.82) is 0 Å². The molecule has 3 aromatic carbocycles. The highest BCUT2D eigenvalue weighted by atomic mass is 16.5. The molecule has 0 aliphatic carbocycles. The van der Waals surface area contributed by atoms with Gasteiger partial charge in [0.1, 0.15) is 18.0 Å². The van der Waals surface area contributed by atoms with Gasteiger partial charge in [-0.25, -0.2) is 0 Å². The largest absolute Gasteiger partial charge is 0.497 e. The molecule has 0 bridgehead atoms. The molecule has 3 aromatic rings. The number of hydrogen-bond acceptors (Lipinski definition) is 4. The summed E-state index contributed by atoms with van der Waals surface area (Å²) >= 11 is 0. The standard InChI is InChI=1S/C25H23N3O3/c1-16-7-3-5-9-20(16)28-23(29)15-22-24(30)26-19-8-4-6-10-21(19)27(22)25(28)17-11-13-18(31-2)14-12-17/h3-14,22,25H,15H2,1-2H3,(H,26,30). The summed E-state index contributed by atoms with van der Waals surface area (Å²) in [6, 6.07) is 22.7. The van der Waals surface area contributed by atoms with Crippen molar-refractivity contribution >= 4 is 28.9 Å². The van der Waals surface area contributed by atoms with Gasteiger partial charge in [-0.05, 0) is 48.4 Å². The average molecular weight is 413 g/mol. The Morgan fingerprint density at radius 2 is 1.58 bits per heavy atom. The van der Waals surface area contributed by atoms with Crippen molar-refractivity contribution in [3.63, 3.8) is 0 Å². The Balaban J connectivity index is 1.73. The zero-order valence-corrected chi connectivity index (χ0v) is 17.4. The first-order chi connectivity index (χ1) is 15.1. The van der Waals surface area contributed by atoms with E-state index in [1.807, 2.05) is 84.6 Å².